The number of aromatic nitrogens is 2. The van der Waals surface area contributed by atoms with E-state index in [4.69, 9.17) is 0 Å². The first kappa shape index (κ1) is 30.3. The molecule has 0 saturated heterocycles. The van der Waals surface area contributed by atoms with E-state index in [1.807, 2.05) is 6.08 Å². The number of aryl methyl sites for hydroxylation is 1. The van der Waals surface area contributed by atoms with Gasteiger partial charge in [0.1, 0.15) is 0 Å². The van der Waals surface area contributed by atoms with E-state index >= 15 is 0 Å². The molecule has 2 heterocycles. The molecule has 0 N–H and O–H groups in total. The second-order valence-electron chi connectivity index (χ2n) is 12.8. The zero-order chi connectivity index (χ0) is 33.5. The van der Waals surface area contributed by atoms with E-state index in [2.05, 4.69) is 193 Å². The van der Waals surface area contributed by atoms with Crippen molar-refractivity contribution < 1.29 is 0 Å². The molecule has 0 amide bonds. The molecule has 1 aliphatic carbocycles. The summed E-state index contributed by atoms with van der Waals surface area (Å²) < 4.78 is 4.75. The van der Waals surface area contributed by atoms with Crippen molar-refractivity contribution in [1.29, 1.82) is 0 Å². The summed E-state index contributed by atoms with van der Waals surface area (Å²) in [6.07, 6.45) is 13.9. The average Bonchev–Trinajstić information content (AvgIpc) is 3.47. The maximum Gasteiger partial charge on any atom is 0.0541 e. The fraction of sp³-hybridized carbons (Fsp3) is 0.0870. The molecule has 0 saturated carbocycles. The van der Waals surface area contributed by atoms with Gasteiger partial charge in [-0.05, 0) is 112 Å². The molecule has 3 heteroatoms. The molecular weight excluding hydrogens is 595 g/mol. The van der Waals surface area contributed by atoms with Gasteiger partial charge in [0.25, 0.3) is 0 Å². The van der Waals surface area contributed by atoms with Crippen molar-refractivity contribution in [3.63, 3.8) is 0 Å². The Hall–Kier alpha value is -6.06. The van der Waals surface area contributed by atoms with Crippen molar-refractivity contribution in [3.8, 4) is 11.4 Å². The first-order valence-electron chi connectivity index (χ1n) is 17.0. The Kier molecular flexibility index (Phi) is 7.74. The second kappa shape index (κ2) is 12.5. The lowest BCUT2D eigenvalue weighted by molar-refractivity contribution is 1.05. The maximum absolute atomic E-state index is 3.94. The molecule has 8 rings (SSSR count). The molecule has 238 valence electrons. The van der Waals surface area contributed by atoms with Gasteiger partial charge >= 0.3 is 0 Å². The van der Waals surface area contributed by atoms with Crippen LogP contribution in [0.2, 0.25) is 0 Å². The van der Waals surface area contributed by atoms with Gasteiger partial charge < -0.3 is 14.0 Å². The molecule has 5 aromatic carbocycles. The van der Waals surface area contributed by atoms with Crippen LogP contribution < -0.4 is 4.90 Å². The summed E-state index contributed by atoms with van der Waals surface area (Å²) in [5, 5.41) is 2.52. The van der Waals surface area contributed by atoms with Gasteiger partial charge in [0, 0.05) is 56.0 Å². The van der Waals surface area contributed by atoms with Gasteiger partial charge in [0.15, 0.2) is 0 Å². The third-order valence-corrected chi connectivity index (χ3v) is 9.68. The monoisotopic (exact) mass is 633 g/mol. The number of fused-ring (bicyclic) bond motifs is 4. The maximum atomic E-state index is 3.94. The molecule has 0 bridgehead atoms. The molecule has 1 aliphatic rings. The van der Waals surface area contributed by atoms with Crippen molar-refractivity contribution in [3.05, 3.63) is 180 Å². The van der Waals surface area contributed by atoms with Crippen LogP contribution in [-0.2, 0) is 0 Å². The Morgan fingerprint density at radius 3 is 1.80 bits per heavy atom. The first-order chi connectivity index (χ1) is 24.0. The normalized spacial score (nSPS) is 12.8. The zero-order valence-electron chi connectivity index (χ0n) is 28.3. The van der Waals surface area contributed by atoms with E-state index in [-0.39, 0.29) is 0 Å². The number of allylic oxidation sites excluding steroid dienone is 5. The Morgan fingerprint density at radius 2 is 1.16 bits per heavy atom. The fourth-order valence-corrected chi connectivity index (χ4v) is 7.45. The van der Waals surface area contributed by atoms with Crippen molar-refractivity contribution in [2.45, 2.75) is 27.2 Å². The van der Waals surface area contributed by atoms with Crippen molar-refractivity contribution in [1.82, 2.24) is 9.13 Å². The summed E-state index contributed by atoms with van der Waals surface area (Å²) in [6, 6.07) is 44.1. The Morgan fingerprint density at radius 1 is 0.633 bits per heavy atom. The molecule has 0 unspecified atom stereocenters. The van der Waals surface area contributed by atoms with Crippen molar-refractivity contribution >= 4 is 56.6 Å². The van der Waals surface area contributed by atoms with Crippen LogP contribution in [0, 0.1) is 13.8 Å². The molecule has 0 aliphatic heterocycles. The predicted molar refractivity (Wildman–Crippen MR) is 211 cm³/mol. The highest BCUT2D eigenvalue weighted by Gasteiger charge is 2.19. The average molecular weight is 634 g/mol. The van der Waals surface area contributed by atoms with Gasteiger partial charge in [0.05, 0.1) is 16.7 Å². The lowest BCUT2D eigenvalue weighted by Gasteiger charge is -2.26. The number of para-hydroxylation sites is 2. The number of anilines is 3. The van der Waals surface area contributed by atoms with E-state index < -0.39 is 0 Å². The minimum Gasteiger partial charge on any atom is -0.313 e. The van der Waals surface area contributed by atoms with E-state index in [0.29, 0.717) is 0 Å². The minimum atomic E-state index is 0.944. The van der Waals surface area contributed by atoms with Crippen LogP contribution in [-0.4, -0.2) is 9.13 Å². The molecular formula is C46H39N3. The SMILES string of the molecule is C=C/C=C(/C)c1c(C)n(-c2ccc(N(c3ccc(C)cc3)c3ccc(-n4c5c(c6ccccc64)C=CCC=C5)cc3)cc2)c2ccccc12. The van der Waals surface area contributed by atoms with Gasteiger partial charge in [-0.2, -0.15) is 0 Å². The minimum absolute atomic E-state index is 0.944. The molecule has 49 heavy (non-hydrogen) atoms. The molecule has 2 aromatic heterocycles. The topological polar surface area (TPSA) is 13.1 Å². The lowest BCUT2D eigenvalue weighted by Crippen LogP contribution is -2.10. The Bertz CT molecular complexity index is 2430. The number of rotatable bonds is 7. The zero-order valence-corrected chi connectivity index (χ0v) is 28.3. The van der Waals surface area contributed by atoms with Gasteiger partial charge in [0.2, 0.25) is 0 Å². The third kappa shape index (κ3) is 5.25. The number of hydrogen-bond donors (Lipinski definition) is 0. The summed E-state index contributed by atoms with van der Waals surface area (Å²) in [4.78, 5) is 2.34. The van der Waals surface area contributed by atoms with Gasteiger partial charge in [-0.3, -0.25) is 0 Å². The molecule has 7 aromatic rings. The smallest absolute Gasteiger partial charge is 0.0541 e. The third-order valence-electron chi connectivity index (χ3n) is 9.68. The summed E-state index contributed by atoms with van der Waals surface area (Å²) in [5.74, 6) is 0. The highest BCUT2D eigenvalue weighted by atomic mass is 15.1. The standard InChI is InChI=1S/C46H39N3/c1-5-13-33(3)46-34(4)47(45-19-12-10-16-42(45)46)35-24-26-37(27-25-35)48(36-22-20-32(2)21-23-36)38-28-30-39(31-29-38)49-43-17-8-6-7-14-40(43)41-15-9-11-18-44(41)49/h5,7-31H,1,6H2,2-4H3/b33-13-. The van der Waals surface area contributed by atoms with Gasteiger partial charge in [-0.25, -0.2) is 0 Å². The van der Waals surface area contributed by atoms with Gasteiger partial charge in [-0.1, -0.05) is 91.1 Å². The second-order valence-corrected chi connectivity index (χ2v) is 12.8. The van der Waals surface area contributed by atoms with Crippen LogP contribution in [0.25, 0.3) is 50.9 Å². The Balaban J connectivity index is 1.22. The fourth-order valence-electron chi connectivity index (χ4n) is 7.45. The molecule has 0 fully saturated rings. The molecule has 0 radical (unpaired) electrons. The van der Waals surface area contributed by atoms with E-state index in [1.165, 1.54) is 55.5 Å². The van der Waals surface area contributed by atoms with E-state index in [1.54, 1.807) is 0 Å². The van der Waals surface area contributed by atoms with Crippen molar-refractivity contribution in [2.24, 2.45) is 0 Å². The van der Waals surface area contributed by atoms with Gasteiger partial charge in [-0.15, -0.1) is 0 Å². The highest BCUT2D eigenvalue weighted by Crippen LogP contribution is 2.39. The number of benzene rings is 5. The van der Waals surface area contributed by atoms with Crippen LogP contribution in [0.5, 0.6) is 0 Å². The summed E-state index contributed by atoms with van der Waals surface area (Å²) in [6.45, 7) is 10.4. The van der Waals surface area contributed by atoms with Crippen LogP contribution in [0.4, 0.5) is 17.1 Å². The van der Waals surface area contributed by atoms with E-state index in [9.17, 15) is 0 Å². The molecule has 3 nitrogen and oxygen atoms in total. The Labute approximate surface area is 288 Å². The largest absolute Gasteiger partial charge is 0.313 e. The highest BCUT2D eigenvalue weighted by molar-refractivity contribution is 5.97. The first-order valence-corrected chi connectivity index (χ1v) is 17.0. The summed E-state index contributed by atoms with van der Waals surface area (Å²) >= 11 is 0. The van der Waals surface area contributed by atoms with Crippen LogP contribution in [0.1, 0.15) is 41.4 Å². The number of hydrogen-bond acceptors (Lipinski definition) is 1. The molecule has 0 atom stereocenters. The van der Waals surface area contributed by atoms with Crippen LogP contribution in [0.3, 0.4) is 0 Å². The summed E-state index contributed by atoms with van der Waals surface area (Å²) in [7, 11) is 0. The summed E-state index contributed by atoms with van der Waals surface area (Å²) in [5.41, 5.74) is 15.5. The van der Waals surface area contributed by atoms with Crippen LogP contribution >= 0.6 is 0 Å². The number of nitrogens with zero attached hydrogens (tertiary/aromatic N) is 3. The lowest BCUT2D eigenvalue weighted by atomic mass is 10.0. The quantitative estimate of drug-likeness (QED) is 0.159. The van der Waals surface area contributed by atoms with Crippen molar-refractivity contribution in [2.75, 3.05) is 4.90 Å². The molecule has 0 spiro atoms. The predicted octanol–water partition coefficient (Wildman–Crippen LogP) is 12.7. The van der Waals surface area contributed by atoms with E-state index in [0.717, 1.165) is 34.9 Å². The van der Waals surface area contributed by atoms with Crippen LogP contribution in [0.15, 0.2) is 152 Å².